The molecule has 2 N–H and O–H groups in total. The van der Waals surface area contributed by atoms with Crippen LogP contribution in [-0.4, -0.2) is 23.0 Å². The topological polar surface area (TPSA) is 66.4 Å². The predicted molar refractivity (Wildman–Crippen MR) is 87.0 cm³/mol. The molecule has 0 fully saturated rings. The van der Waals surface area contributed by atoms with Crippen LogP contribution in [0.4, 0.5) is 0 Å². The van der Waals surface area contributed by atoms with Crippen LogP contribution < -0.4 is 5.32 Å². The molecule has 5 heteroatoms. The van der Waals surface area contributed by atoms with Crippen LogP contribution in [0, 0.1) is 0 Å². The van der Waals surface area contributed by atoms with Gasteiger partial charge in [0.1, 0.15) is 6.04 Å². The molecule has 2 aromatic rings. The molecule has 0 saturated heterocycles. The molecule has 1 heterocycles. The van der Waals surface area contributed by atoms with Gasteiger partial charge in [0.05, 0.1) is 0 Å². The van der Waals surface area contributed by atoms with Crippen LogP contribution in [0.1, 0.15) is 23.3 Å². The van der Waals surface area contributed by atoms with Gasteiger partial charge in [-0.2, -0.15) is 0 Å². The molecular formula is C17H19NO3S. The van der Waals surface area contributed by atoms with E-state index in [0.29, 0.717) is 12.8 Å². The molecule has 1 amide bonds. The highest BCUT2D eigenvalue weighted by Crippen LogP contribution is 2.12. The Bertz CT molecular complexity index is 596. The third-order valence-electron chi connectivity index (χ3n) is 3.32. The first kappa shape index (κ1) is 16.2. The molecule has 116 valence electrons. The number of nitrogens with one attached hydrogen (secondary N) is 1. The van der Waals surface area contributed by atoms with Crippen molar-refractivity contribution in [3.8, 4) is 0 Å². The van der Waals surface area contributed by atoms with Gasteiger partial charge in [0, 0.05) is 17.7 Å². The van der Waals surface area contributed by atoms with Crippen LogP contribution >= 0.6 is 11.3 Å². The maximum absolute atomic E-state index is 11.9. The van der Waals surface area contributed by atoms with E-state index in [1.165, 1.54) is 4.88 Å². The van der Waals surface area contributed by atoms with Crippen molar-refractivity contribution in [3.05, 3.63) is 58.3 Å². The monoisotopic (exact) mass is 317 g/mol. The van der Waals surface area contributed by atoms with Crippen LogP contribution in [-0.2, 0) is 22.4 Å². The van der Waals surface area contributed by atoms with Crippen LogP contribution in [0.2, 0.25) is 0 Å². The lowest BCUT2D eigenvalue weighted by Crippen LogP contribution is -2.42. The van der Waals surface area contributed by atoms with Gasteiger partial charge in [-0.05, 0) is 29.9 Å². The van der Waals surface area contributed by atoms with Crippen LogP contribution in [0.5, 0.6) is 0 Å². The SMILES string of the molecule is O=C(CCCc1cccs1)N[C@@H](Cc1ccccc1)C(=O)O. The summed E-state index contributed by atoms with van der Waals surface area (Å²) in [7, 11) is 0. The molecule has 22 heavy (non-hydrogen) atoms. The molecular weight excluding hydrogens is 298 g/mol. The number of carbonyl (C=O) groups excluding carboxylic acids is 1. The first-order valence-electron chi connectivity index (χ1n) is 7.23. The van der Waals surface area contributed by atoms with E-state index in [0.717, 1.165) is 18.4 Å². The first-order chi connectivity index (χ1) is 10.6. The molecule has 2 rings (SSSR count). The van der Waals surface area contributed by atoms with Crippen molar-refractivity contribution in [2.24, 2.45) is 0 Å². The minimum atomic E-state index is -1.00. The number of hydrogen-bond acceptors (Lipinski definition) is 3. The highest BCUT2D eigenvalue weighted by molar-refractivity contribution is 7.09. The van der Waals surface area contributed by atoms with Crippen molar-refractivity contribution >= 4 is 23.2 Å². The molecule has 0 aliphatic heterocycles. The van der Waals surface area contributed by atoms with Crippen molar-refractivity contribution < 1.29 is 14.7 Å². The smallest absolute Gasteiger partial charge is 0.326 e. The molecule has 1 aromatic heterocycles. The maximum atomic E-state index is 11.9. The van der Waals surface area contributed by atoms with E-state index in [1.807, 2.05) is 47.8 Å². The summed E-state index contributed by atoms with van der Waals surface area (Å²) in [5.74, 6) is -1.21. The molecule has 4 nitrogen and oxygen atoms in total. The summed E-state index contributed by atoms with van der Waals surface area (Å²) < 4.78 is 0. The highest BCUT2D eigenvalue weighted by atomic mass is 32.1. The average molecular weight is 317 g/mol. The Morgan fingerprint density at radius 1 is 1.14 bits per heavy atom. The van der Waals surface area contributed by atoms with Gasteiger partial charge < -0.3 is 10.4 Å². The molecule has 0 aliphatic rings. The van der Waals surface area contributed by atoms with Crippen LogP contribution in [0.25, 0.3) is 0 Å². The number of aliphatic carboxylic acids is 1. The Morgan fingerprint density at radius 3 is 2.55 bits per heavy atom. The van der Waals surface area contributed by atoms with Gasteiger partial charge in [0.15, 0.2) is 0 Å². The maximum Gasteiger partial charge on any atom is 0.326 e. The number of hydrogen-bond donors (Lipinski definition) is 2. The number of rotatable bonds is 8. The van der Waals surface area contributed by atoms with Crippen LogP contribution in [0.3, 0.4) is 0 Å². The van der Waals surface area contributed by atoms with Gasteiger partial charge in [-0.25, -0.2) is 4.79 Å². The third-order valence-corrected chi connectivity index (χ3v) is 4.26. The normalized spacial score (nSPS) is 11.8. The van der Waals surface area contributed by atoms with Crippen molar-refractivity contribution in [2.45, 2.75) is 31.7 Å². The molecule has 1 aromatic carbocycles. The van der Waals surface area contributed by atoms with E-state index in [1.54, 1.807) is 11.3 Å². The molecule has 0 spiro atoms. The Hall–Kier alpha value is -2.14. The second-order valence-corrected chi connectivity index (χ2v) is 6.11. The number of thiophene rings is 1. The van der Waals surface area contributed by atoms with Crippen molar-refractivity contribution in [1.29, 1.82) is 0 Å². The van der Waals surface area contributed by atoms with Gasteiger partial charge in [0.25, 0.3) is 0 Å². The van der Waals surface area contributed by atoms with Crippen LogP contribution in [0.15, 0.2) is 47.8 Å². The number of benzene rings is 1. The van der Waals surface area contributed by atoms with E-state index in [4.69, 9.17) is 0 Å². The fraction of sp³-hybridized carbons (Fsp3) is 0.294. The zero-order valence-corrected chi connectivity index (χ0v) is 13.0. The van der Waals surface area contributed by atoms with Gasteiger partial charge in [0.2, 0.25) is 5.91 Å². The summed E-state index contributed by atoms with van der Waals surface area (Å²) in [5, 5.41) is 13.9. The molecule has 0 aliphatic carbocycles. The summed E-state index contributed by atoms with van der Waals surface area (Å²) in [6.45, 7) is 0. The molecule has 0 saturated carbocycles. The number of aryl methyl sites for hydroxylation is 1. The first-order valence-corrected chi connectivity index (χ1v) is 8.11. The zero-order chi connectivity index (χ0) is 15.8. The number of carboxylic acids is 1. The van der Waals surface area contributed by atoms with Crippen molar-refractivity contribution in [1.82, 2.24) is 5.32 Å². The Balaban J connectivity index is 1.80. The lowest BCUT2D eigenvalue weighted by Gasteiger charge is -2.14. The van der Waals surface area contributed by atoms with E-state index in [-0.39, 0.29) is 5.91 Å². The fourth-order valence-corrected chi connectivity index (χ4v) is 2.95. The van der Waals surface area contributed by atoms with Crippen molar-refractivity contribution in [3.63, 3.8) is 0 Å². The average Bonchev–Trinajstić information content (AvgIpc) is 3.01. The second-order valence-electron chi connectivity index (χ2n) is 5.08. The van der Waals surface area contributed by atoms with Gasteiger partial charge in [-0.3, -0.25) is 4.79 Å². The fourth-order valence-electron chi connectivity index (χ4n) is 2.19. The number of carbonyl (C=O) groups is 2. The lowest BCUT2D eigenvalue weighted by molar-refractivity contribution is -0.141. The molecule has 0 unspecified atom stereocenters. The number of carboxylic acid groups (broad SMARTS) is 1. The lowest BCUT2D eigenvalue weighted by atomic mass is 10.1. The Kier molecular flexibility index (Phi) is 6.15. The molecule has 1 atom stereocenters. The Morgan fingerprint density at radius 2 is 1.91 bits per heavy atom. The number of amides is 1. The minimum Gasteiger partial charge on any atom is -0.480 e. The van der Waals surface area contributed by atoms with Crippen molar-refractivity contribution in [2.75, 3.05) is 0 Å². The zero-order valence-electron chi connectivity index (χ0n) is 12.2. The molecule has 0 radical (unpaired) electrons. The summed E-state index contributed by atoms with van der Waals surface area (Å²) >= 11 is 1.67. The minimum absolute atomic E-state index is 0.208. The third kappa shape index (κ3) is 5.33. The van der Waals surface area contributed by atoms with E-state index in [9.17, 15) is 14.7 Å². The van der Waals surface area contributed by atoms with E-state index >= 15 is 0 Å². The summed E-state index contributed by atoms with van der Waals surface area (Å²) in [4.78, 5) is 24.4. The quantitative estimate of drug-likeness (QED) is 0.787. The van der Waals surface area contributed by atoms with E-state index < -0.39 is 12.0 Å². The highest BCUT2D eigenvalue weighted by Gasteiger charge is 2.20. The largest absolute Gasteiger partial charge is 0.480 e. The molecule has 0 bridgehead atoms. The standard InChI is InChI=1S/C17H19NO3S/c19-16(10-4-8-14-9-5-11-22-14)18-15(17(20)21)12-13-6-2-1-3-7-13/h1-3,5-7,9,11,15H,4,8,10,12H2,(H,18,19)(H,20,21)/t15-/m0/s1. The van der Waals surface area contributed by atoms with Gasteiger partial charge in [-0.1, -0.05) is 36.4 Å². The second kappa shape index (κ2) is 8.34. The Labute approximate surface area is 133 Å². The van der Waals surface area contributed by atoms with Gasteiger partial charge >= 0.3 is 5.97 Å². The van der Waals surface area contributed by atoms with Gasteiger partial charge in [-0.15, -0.1) is 11.3 Å². The summed E-state index contributed by atoms with van der Waals surface area (Å²) in [6, 6.07) is 12.5. The summed E-state index contributed by atoms with van der Waals surface area (Å²) in [6.07, 6.45) is 2.22. The van der Waals surface area contributed by atoms with E-state index in [2.05, 4.69) is 5.32 Å². The predicted octanol–water partition coefficient (Wildman–Crippen LogP) is 2.88. The summed E-state index contributed by atoms with van der Waals surface area (Å²) in [5.41, 5.74) is 0.897.